The van der Waals surface area contributed by atoms with Gasteiger partial charge in [-0.1, -0.05) is 56.3 Å². The molecule has 0 radical (unpaired) electrons. The molecule has 0 bridgehead atoms. The van der Waals surface area contributed by atoms with Gasteiger partial charge >= 0.3 is 0 Å². The van der Waals surface area contributed by atoms with E-state index < -0.39 is 0 Å². The highest BCUT2D eigenvalue weighted by atomic mass is 16.5. The predicted octanol–water partition coefficient (Wildman–Crippen LogP) is 6.22. The molecule has 1 aliphatic carbocycles. The van der Waals surface area contributed by atoms with Crippen LogP contribution in [0.1, 0.15) is 36.3 Å². The molecule has 144 valence electrons. The Kier molecular flexibility index (Phi) is 3.95. The molecular weight excluding hydrogens is 358 g/mol. The highest BCUT2D eigenvalue weighted by Gasteiger charge is 2.35. The summed E-state index contributed by atoms with van der Waals surface area (Å²) in [5, 5.41) is 3.34. The normalized spacial score (nSPS) is 15.5. The van der Waals surface area contributed by atoms with E-state index in [2.05, 4.69) is 38.1 Å². The molecule has 0 unspecified atom stereocenters. The van der Waals surface area contributed by atoms with Crippen LogP contribution in [0.5, 0.6) is 5.75 Å². The van der Waals surface area contributed by atoms with Gasteiger partial charge in [-0.25, -0.2) is 0 Å². The summed E-state index contributed by atoms with van der Waals surface area (Å²) in [7, 11) is 1.66. The molecule has 0 N–H and O–H groups in total. The van der Waals surface area contributed by atoms with E-state index in [-0.39, 0.29) is 11.2 Å². The number of carbonyl (C=O) groups is 1. The van der Waals surface area contributed by atoms with Gasteiger partial charge in [-0.05, 0) is 46.4 Å². The molecule has 1 aromatic heterocycles. The Bertz CT molecular complexity index is 1270. The Morgan fingerprint density at radius 1 is 0.897 bits per heavy atom. The Hall–Kier alpha value is -3.20. The van der Waals surface area contributed by atoms with Gasteiger partial charge in [-0.15, -0.1) is 0 Å². The lowest BCUT2D eigenvalue weighted by Gasteiger charge is -2.31. The minimum atomic E-state index is -0.0706. The Morgan fingerprint density at radius 2 is 1.66 bits per heavy atom. The molecule has 0 saturated carbocycles. The summed E-state index contributed by atoms with van der Waals surface area (Å²) in [5.41, 5.74) is 4.61. The summed E-state index contributed by atoms with van der Waals surface area (Å²) in [6.45, 7) is 4.29. The van der Waals surface area contributed by atoms with Crippen molar-refractivity contribution in [2.24, 2.45) is 5.41 Å². The topological polar surface area (TPSA) is 39.2 Å². The van der Waals surface area contributed by atoms with Crippen LogP contribution in [0.4, 0.5) is 0 Å². The number of ether oxygens (including phenoxy) is 1. The fraction of sp³-hybridized carbons (Fsp3) is 0.231. The number of fused-ring (bicyclic) bond motifs is 4. The molecular formula is C26H23NO2. The number of methoxy groups -OCH3 is 1. The van der Waals surface area contributed by atoms with Gasteiger partial charge in [0.2, 0.25) is 0 Å². The van der Waals surface area contributed by atoms with Crippen molar-refractivity contribution in [2.75, 3.05) is 7.11 Å². The third kappa shape index (κ3) is 2.89. The predicted molar refractivity (Wildman–Crippen MR) is 118 cm³/mol. The van der Waals surface area contributed by atoms with Crippen LogP contribution >= 0.6 is 0 Å². The zero-order valence-electron chi connectivity index (χ0n) is 17.0. The van der Waals surface area contributed by atoms with Crippen molar-refractivity contribution in [2.45, 2.75) is 26.7 Å². The quantitative estimate of drug-likeness (QED) is 0.387. The number of aromatic nitrogens is 1. The van der Waals surface area contributed by atoms with Crippen molar-refractivity contribution in [3.05, 3.63) is 71.9 Å². The third-order valence-electron chi connectivity index (χ3n) is 5.89. The zero-order chi connectivity index (χ0) is 20.2. The van der Waals surface area contributed by atoms with E-state index in [4.69, 9.17) is 9.72 Å². The molecule has 4 aromatic rings. The van der Waals surface area contributed by atoms with E-state index >= 15 is 0 Å². The summed E-state index contributed by atoms with van der Waals surface area (Å²) in [5.74, 6) is 0.989. The lowest BCUT2D eigenvalue weighted by atomic mass is 9.73. The van der Waals surface area contributed by atoms with Crippen LogP contribution in [0.15, 0.2) is 60.7 Å². The molecule has 0 saturated heterocycles. The van der Waals surface area contributed by atoms with Gasteiger partial charge in [-0.2, -0.15) is 0 Å². The van der Waals surface area contributed by atoms with Crippen molar-refractivity contribution < 1.29 is 9.53 Å². The third-order valence-corrected chi connectivity index (χ3v) is 5.89. The lowest BCUT2D eigenvalue weighted by Crippen LogP contribution is -2.28. The molecule has 0 amide bonds. The van der Waals surface area contributed by atoms with Crippen LogP contribution in [0.3, 0.4) is 0 Å². The molecule has 3 aromatic carbocycles. The highest BCUT2D eigenvalue weighted by Crippen LogP contribution is 2.43. The maximum Gasteiger partial charge on any atom is 0.165 e. The Morgan fingerprint density at radius 3 is 2.41 bits per heavy atom. The molecule has 5 rings (SSSR count). The van der Waals surface area contributed by atoms with Crippen LogP contribution in [0, 0.1) is 5.41 Å². The monoisotopic (exact) mass is 381 g/mol. The second kappa shape index (κ2) is 6.41. The number of rotatable bonds is 2. The van der Waals surface area contributed by atoms with Crippen molar-refractivity contribution in [1.29, 1.82) is 0 Å². The number of hydrogen-bond acceptors (Lipinski definition) is 3. The molecule has 1 aliphatic rings. The van der Waals surface area contributed by atoms with Gasteiger partial charge in [0.15, 0.2) is 5.78 Å². The van der Waals surface area contributed by atoms with Gasteiger partial charge in [0, 0.05) is 22.9 Å². The summed E-state index contributed by atoms with van der Waals surface area (Å²) < 4.78 is 5.34. The molecule has 0 fully saturated rings. The number of ketones is 1. The largest absolute Gasteiger partial charge is 0.497 e. The maximum absolute atomic E-state index is 13.3. The molecule has 0 aliphatic heterocycles. The van der Waals surface area contributed by atoms with Crippen LogP contribution in [-0.4, -0.2) is 17.9 Å². The van der Waals surface area contributed by atoms with Crippen molar-refractivity contribution in [3.63, 3.8) is 0 Å². The number of carbonyl (C=O) groups excluding carboxylic acids is 1. The summed E-state index contributed by atoms with van der Waals surface area (Å²) >= 11 is 0. The van der Waals surface area contributed by atoms with Gasteiger partial charge < -0.3 is 4.74 Å². The zero-order valence-corrected chi connectivity index (χ0v) is 17.0. The highest BCUT2D eigenvalue weighted by molar-refractivity contribution is 6.19. The van der Waals surface area contributed by atoms with E-state index in [0.717, 1.165) is 56.2 Å². The first-order valence-corrected chi connectivity index (χ1v) is 9.99. The minimum absolute atomic E-state index is 0.0706. The van der Waals surface area contributed by atoms with E-state index in [1.54, 1.807) is 7.11 Å². The van der Waals surface area contributed by atoms with Crippen molar-refractivity contribution >= 4 is 27.5 Å². The lowest BCUT2D eigenvalue weighted by molar-refractivity contribution is 0.0911. The van der Waals surface area contributed by atoms with Gasteiger partial charge in [0.05, 0.1) is 18.3 Å². The second-order valence-corrected chi connectivity index (χ2v) is 8.66. The number of pyridine rings is 1. The average Bonchev–Trinajstić information content (AvgIpc) is 2.71. The second-order valence-electron chi connectivity index (χ2n) is 8.66. The SMILES string of the molecule is COc1ccc(-c2c3c(nc4ccc5ccccc5c24)CC(C)(C)CC3=O)cc1. The first-order chi connectivity index (χ1) is 14.0. The molecule has 3 heteroatoms. The van der Waals surface area contributed by atoms with Crippen LogP contribution < -0.4 is 4.74 Å². The van der Waals surface area contributed by atoms with E-state index in [0.29, 0.717) is 6.42 Å². The average molecular weight is 381 g/mol. The number of hydrogen-bond donors (Lipinski definition) is 0. The smallest absolute Gasteiger partial charge is 0.165 e. The van der Waals surface area contributed by atoms with Crippen molar-refractivity contribution in [3.8, 4) is 16.9 Å². The fourth-order valence-electron chi connectivity index (χ4n) is 4.60. The van der Waals surface area contributed by atoms with Gasteiger partial charge in [-0.3, -0.25) is 9.78 Å². The number of benzene rings is 3. The molecule has 0 atom stereocenters. The van der Waals surface area contributed by atoms with E-state index in [1.807, 2.05) is 36.4 Å². The molecule has 29 heavy (non-hydrogen) atoms. The first-order valence-electron chi connectivity index (χ1n) is 9.99. The molecule has 0 spiro atoms. The summed E-state index contributed by atoms with van der Waals surface area (Å²) in [4.78, 5) is 18.3. The van der Waals surface area contributed by atoms with E-state index in [9.17, 15) is 4.79 Å². The summed E-state index contributed by atoms with van der Waals surface area (Å²) in [6.07, 6.45) is 1.35. The molecule has 3 nitrogen and oxygen atoms in total. The number of nitrogens with zero attached hydrogens (tertiary/aromatic N) is 1. The summed E-state index contributed by atoms with van der Waals surface area (Å²) in [6, 6.07) is 20.5. The standard InChI is InChI=1S/C26H23NO2/c1-26(2)14-21-25(22(28)15-26)23(17-8-11-18(29-3)12-9-17)24-19-7-5-4-6-16(19)10-13-20(24)27-21/h4-13H,14-15H2,1-3H3. The minimum Gasteiger partial charge on any atom is -0.497 e. The van der Waals surface area contributed by atoms with Crippen LogP contribution in [-0.2, 0) is 6.42 Å². The van der Waals surface area contributed by atoms with Gasteiger partial charge in [0.1, 0.15) is 5.75 Å². The van der Waals surface area contributed by atoms with Crippen molar-refractivity contribution in [1.82, 2.24) is 4.98 Å². The van der Waals surface area contributed by atoms with Gasteiger partial charge in [0.25, 0.3) is 0 Å². The number of Topliss-reactive ketones (excluding diaryl/α,β-unsaturated/α-hetero) is 1. The Labute approximate surface area is 170 Å². The molecule has 1 heterocycles. The fourth-order valence-corrected chi connectivity index (χ4v) is 4.60. The maximum atomic E-state index is 13.3. The van der Waals surface area contributed by atoms with E-state index in [1.165, 1.54) is 0 Å². The van der Waals surface area contributed by atoms with Crippen LogP contribution in [0.2, 0.25) is 0 Å². The van der Waals surface area contributed by atoms with Crippen LogP contribution in [0.25, 0.3) is 32.8 Å². The Balaban J connectivity index is 1.94. The first kappa shape index (κ1) is 17.9.